The minimum absolute atomic E-state index is 0.0788. The highest BCUT2D eigenvalue weighted by Crippen LogP contribution is 2.23. The summed E-state index contributed by atoms with van der Waals surface area (Å²) in [6.07, 6.45) is 2.58. The third-order valence-electron chi connectivity index (χ3n) is 4.26. The first kappa shape index (κ1) is 14.3. The molecular formula is C17H25NO. The zero-order valence-electron chi connectivity index (χ0n) is 12.3. The summed E-state index contributed by atoms with van der Waals surface area (Å²) in [6, 6.07) is 10.3. The van der Waals surface area contributed by atoms with E-state index in [1.165, 1.54) is 12.8 Å². The Morgan fingerprint density at radius 3 is 2.63 bits per heavy atom. The van der Waals surface area contributed by atoms with Gasteiger partial charge >= 0.3 is 0 Å². The molecule has 0 radical (unpaired) electrons. The Labute approximate surface area is 116 Å². The van der Waals surface area contributed by atoms with E-state index in [0.717, 1.165) is 24.6 Å². The minimum atomic E-state index is 0.0788. The molecule has 2 heteroatoms. The van der Waals surface area contributed by atoms with Crippen molar-refractivity contribution in [3.8, 4) is 0 Å². The molecule has 2 nitrogen and oxygen atoms in total. The Morgan fingerprint density at radius 1 is 1.26 bits per heavy atom. The Bertz CT molecular complexity index is 415. The molecular weight excluding hydrogens is 234 g/mol. The highest BCUT2D eigenvalue weighted by atomic mass is 16.1. The molecule has 3 unspecified atom stereocenters. The fourth-order valence-electron chi connectivity index (χ4n) is 2.96. The SMILES string of the molecule is CC1CCC(C)N(CC(C)C(=O)c2ccccc2)C1. The number of ketones is 1. The molecule has 1 saturated heterocycles. The molecule has 1 aromatic carbocycles. The van der Waals surface area contributed by atoms with Gasteiger partial charge in [0.1, 0.15) is 0 Å². The third kappa shape index (κ3) is 3.66. The lowest BCUT2D eigenvalue weighted by atomic mass is 9.92. The summed E-state index contributed by atoms with van der Waals surface area (Å²) in [4.78, 5) is 14.9. The number of rotatable bonds is 4. The van der Waals surface area contributed by atoms with Crippen LogP contribution in [0, 0.1) is 11.8 Å². The highest BCUT2D eigenvalue weighted by molar-refractivity contribution is 5.97. The fraction of sp³-hybridized carbons (Fsp3) is 0.588. The smallest absolute Gasteiger partial charge is 0.166 e. The largest absolute Gasteiger partial charge is 0.300 e. The van der Waals surface area contributed by atoms with Gasteiger partial charge in [0.25, 0.3) is 0 Å². The summed E-state index contributed by atoms with van der Waals surface area (Å²) in [6.45, 7) is 8.67. The van der Waals surface area contributed by atoms with E-state index in [0.29, 0.717) is 6.04 Å². The number of carbonyl (C=O) groups is 1. The van der Waals surface area contributed by atoms with Crippen molar-refractivity contribution in [3.63, 3.8) is 0 Å². The zero-order chi connectivity index (χ0) is 13.8. The lowest BCUT2D eigenvalue weighted by Crippen LogP contribution is -2.44. The maximum absolute atomic E-state index is 12.4. The fourth-order valence-corrected chi connectivity index (χ4v) is 2.96. The van der Waals surface area contributed by atoms with Crippen molar-refractivity contribution >= 4 is 5.78 Å². The predicted octanol–water partition coefficient (Wildman–Crippen LogP) is 3.63. The van der Waals surface area contributed by atoms with Gasteiger partial charge in [-0.3, -0.25) is 9.69 Å². The molecule has 1 heterocycles. The van der Waals surface area contributed by atoms with Gasteiger partial charge in [0, 0.05) is 30.6 Å². The molecule has 0 amide bonds. The number of likely N-dealkylation sites (tertiary alicyclic amines) is 1. The quantitative estimate of drug-likeness (QED) is 0.770. The summed E-state index contributed by atoms with van der Waals surface area (Å²) < 4.78 is 0. The van der Waals surface area contributed by atoms with Gasteiger partial charge in [-0.15, -0.1) is 0 Å². The van der Waals surface area contributed by atoms with E-state index in [4.69, 9.17) is 0 Å². The molecule has 0 aromatic heterocycles. The lowest BCUT2D eigenvalue weighted by Gasteiger charge is -2.38. The summed E-state index contributed by atoms with van der Waals surface area (Å²) in [7, 11) is 0. The standard InChI is InChI=1S/C17H25NO/c1-13-9-10-15(3)18(11-13)12-14(2)17(19)16-7-5-4-6-8-16/h4-8,13-15H,9-12H2,1-3H3. The van der Waals surface area contributed by atoms with E-state index in [9.17, 15) is 4.79 Å². The number of hydrogen-bond donors (Lipinski definition) is 0. The van der Waals surface area contributed by atoms with Crippen molar-refractivity contribution < 1.29 is 4.79 Å². The van der Waals surface area contributed by atoms with Crippen LogP contribution < -0.4 is 0 Å². The molecule has 104 valence electrons. The molecule has 0 aliphatic carbocycles. The van der Waals surface area contributed by atoms with Crippen LogP contribution in [0.15, 0.2) is 30.3 Å². The number of nitrogens with zero attached hydrogens (tertiary/aromatic N) is 1. The van der Waals surface area contributed by atoms with Gasteiger partial charge in [-0.2, -0.15) is 0 Å². The summed E-state index contributed by atoms with van der Waals surface area (Å²) in [5.41, 5.74) is 0.840. The third-order valence-corrected chi connectivity index (χ3v) is 4.26. The van der Waals surface area contributed by atoms with Crippen molar-refractivity contribution in [3.05, 3.63) is 35.9 Å². The first-order valence-corrected chi connectivity index (χ1v) is 7.41. The summed E-state index contributed by atoms with van der Waals surface area (Å²) >= 11 is 0. The van der Waals surface area contributed by atoms with Crippen molar-refractivity contribution in [2.24, 2.45) is 11.8 Å². The maximum atomic E-state index is 12.4. The van der Waals surface area contributed by atoms with E-state index in [-0.39, 0.29) is 11.7 Å². The molecule has 3 atom stereocenters. The molecule has 2 rings (SSSR count). The first-order valence-electron chi connectivity index (χ1n) is 7.41. The van der Waals surface area contributed by atoms with Gasteiger partial charge < -0.3 is 0 Å². The van der Waals surface area contributed by atoms with Gasteiger partial charge in [0.05, 0.1) is 0 Å². The maximum Gasteiger partial charge on any atom is 0.166 e. The molecule has 1 aliphatic heterocycles. The van der Waals surface area contributed by atoms with Gasteiger partial charge in [-0.25, -0.2) is 0 Å². The summed E-state index contributed by atoms with van der Waals surface area (Å²) in [5, 5.41) is 0. The van der Waals surface area contributed by atoms with Gasteiger partial charge in [0.15, 0.2) is 5.78 Å². The molecule has 0 N–H and O–H groups in total. The molecule has 19 heavy (non-hydrogen) atoms. The van der Waals surface area contributed by atoms with Gasteiger partial charge in [0.2, 0.25) is 0 Å². The minimum Gasteiger partial charge on any atom is -0.300 e. The monoisotopic (exact) mass is 259 g/mol. The second kappa shape index (κ2) is 6.33. The van der Waals surface area contributed by atoms with Gasteiger partial charge in [-0.1, -0.05) is 44.2 Å². The number of hydrogen-bond acceptors (Lipinski definition) is 2. The second-order valence-corrected chi connectivity index (χ2v) is 6.12. The molecule has 1 aliphatic rings. The number of carbonyl (C=O) groups excluding carboxylic acids is 1. The van der Waals surface area contributed by atoms with Crippen LogP contribution in [0.5, 0.6) is 0 Å². The van der Waals surface area contributed by atoms with Crippen LogP contribution in [-0.2, 0) is 0 Å². The van der Waals surface area contributed by atoms with Crippen LogP contribution in [0.25, 0.3) is 0 Å². The van der Waals surface area contributed by atoms with Crippen molar-refractivity contribution in [1.29, 1.82) is 0 Å². The summed E-state index contributed by atoms with van der Waals surface area (Å²) in [5.74, 6) is 1.11. The molecule has 0 bridgehead atoms. The van der Waals surface area contributed by atoms with Crippen LogP contribution in [0.2, 0.25) is 0 Å². The molecule has 0 saturated carbocycles. The van der Waals surface area contributed by atoms with Crippen LogP contribution in [0.3, 0.4) is 0 Å². The van der Waals surface area contributed by atoms with Crippen LogP contribution in [-0.4, -0.2) is 29.8 Å². The van der Waals surface area contributed by atoms with Gasteiger partial charge in [-0.05, 0) is 25.7 Å². The normalized spacial score (nSPS) is 26.1. The van der Waals surface area contributed by atoms with Crippen molar-refractivity contribution in [2.75, 3.05) is 13.1 Å². The van der Waals surface area contributed by atoms with Crippen LogP contribution >= 0.6 is 0 Å². The zero-order valence-corrected chi connectivity index (χ0v) is 12.3. The van der Waals surface area contributed by atoms with E-state index >= 15 is 0 Å². The number of benzene rings is 1. The van der Waals surface area contributed by atoms with E-state index in [1.807, 2.05) is 30.3 Å². The molecule has 1 fully saturated rings. The van der Waals surface area contributed by atoms with Crippen molar-refractivity contribution in [1.82, 2.24) is 4.90 Å². The topological polar surface area (TPSA) is 20.3 Å². The highest BCUT2D eigenvalue weighted by Gasteiger charge is 2.26. The lowest BCUT2D eigenvalue weighted by molar-refractivity contribution is 0.0786. The number of piperidine rings is 1. The van der Waals surface area contributed by atoms with Crippen LogP contribution in [0.4, 0.5) is 0 Å². The Hall–Kier alpha value is -1.15. The van der Waals surface area contributed by atoms with E-state index < -0.39 is 0 Å². The van der Waals surface area contributed by atoms with E-state index in [2.05, 4.69) is 25.7 Å². The predicted molar refractivity (Wildman–Crippen MR) is 79.4 cm³/mol. The molecule has 0 spiro atoms. The first-order chi connectivity index (χ1) is 9.08. The average molecular weight is 259 g/mol. The Kier molecular flexibility index (Phi) is 4.76. The van der Waals surface area contributed by atoms with Crippen LogP contribution in [0.1, 0.15) is 44.0 Å². The number of Topliss-reactive ketones (excluding diaryl/α,β-unsaturated/α-hetero) is 1. The average Bonchev–Trinajstić information content (AvgIpc) is 2.43. The van der Waals surface area contributed by atoms with E-state index in [1.54, 1.807) is 0 Å². The Balaban J connectivity index is 1.96. The second-order valence-electron chi connectivity index (χ2n) is 6.12. The molecule has 1 aromatic rings. The van der Waals surface area contributed by atoms with Crippen molar-refractivity contribution in [2.45, 2.75) is 39.7 Å². The Morgan fingerprint density at radius 2 is 1.95 bits per heavy atom.